The van der Waals surface area contributed by atoms with Gasteiger partial charge in [-0.05, 0) is 55.5 Å². The summed E-state index contributed by atoms with van der Waals surface area (Å²) in [6, 6.07) is 16.3. The maximum atomic E-state index is 14.0. The zero-order valence-electron chi connectivity index (χ0n) is 21.0. The Morgan fingerprint density at radius 2 is 1.83 bits per heavy atom. The number of aromatic nitrogens is 2. The summed E-state index contributed by atoms with van der Waals surface area (Å²) in [6.07, 6.45) is 6.22. The number of carbonyl (C=O) groups excluding carboxylic acids is 2. The molecule has 36 heavy (non-hydrogen) atoms. The number of amides is 2. The van der Waals surface area contributed by atoms with Crippen molar-refractivity contribution < 1.29 is 14.0 Å². The van der Waals surface area contributed by atoms with Crippen LogP contribution in [-0.4, -0.2) is 38.1 Å². The van der Waals surface area contributed by atoms with Crippen molar-refractivity contribution in [1.82, 2.24) is 20.0 Å². The van der Waals surface area contributed by atoms with Gasteiger partial charge in [-0.1, -0.05) is 62.6 Å². The van der Waals surface area contributed by atoms with Crippen LogP contribution in [0.3, 0.4) is 0 Å². The molecule has 7 heteroatoms. The fourth-order valence-electron chi connectivity index (χ4n) is 5.35. The van der Waals surface area contributed by atoms with Crippen LogP contribution in [0.2, 0.25) is 0 Å². The van der Waals surface area contributed by atoms with Gasteiger partial charge >= 0.3 is 0 Å². The second kappa shape index (κ2) is 9.88. The first-order valence-corrected chi connectivity index (χ1v) is 12.9. The van der Waals surface area contributed by atoms with Gasteiger partial charge in [-0.25, -0.2) is 4.39 Å². The number of hydrogen-bond acceptors (Lipinski definition) is 3. The molecule has 2 heterocycles. The maximum Gasteiger partial charge on any atom is 0.273 e. The Morgan fingerprint density at radius 1 is 1.08 bits per heavy atom. The van der Waals surface area contributed by atoms with Gasteiger partial charge in [0.15, 0.2) is 0 Å². The maximum absolute atomic E-state index is 14.0. The van der Waals surface area contributed by atoms with Crippen LogP contribution < -0.4 is 5.32 Å². The van der Waals surface area contributed by atoms with Crippen LogP contribution in [0.4, 0.5) is 4.39 Å². The average molecular weight is 489 g/mol. The molecule has 0 bridgehead atoms. The van der Waals surface area contributed by atoms with Crippen molar-refractivity contribution in [2.45, 2.75) is 77.0 Å². The van der Waals surface area contributed by atoms with Crippen LogP contribution in [0, 0.1) is 5.82 Å². The molecule has 1 aliphatic carbocycles. The van der Waals surface area contributed by atoms with Gasteiger partial charge in [-0.15, -0.1) is 0 Å². The third-order valence-electron chi connectivity index (χ3n) is 7.61. The number of fused-ring (bicyclic) bond motifs is 1. The van der Waals surface area contributed by atoms with Crippen molar-refractivity contribution >= 4 is 11.8 Å². The molecule has 0 unspecified atom stereocenters. The van der Waals surface area contributed by atoms with Crippen molar-refractivity contribution in [3.8, 4) is 11.3 Å². The molecule has 2 amide bonds. The van der Waals surface area contributed by atoms with Gasteiger partial charge in [0.05, 0.1) is 12.2 Å². The summed E-state index contributed by atoms with van der Waals surface area (Å²) in [5.41, 5.74) is 2.76. The molecular weight excluding hydrogens is 455 g/mol. The number of benzene rings is 2. The van der Waals surface area contributed by atoms with Gasteiger partial charge < -0.3 is 10.2 Å². The summed E-state index contributed by atoms with van der Waals surface area (Å²) in [4.78, 5) is 29.2. The smallest absolute Gasteiger partial charge is 0.273 e. The highest BCUT2D eigenvalue weighted by Crippen LogP contribution is 2.32. The third kappa shape index (κ3) is 4.66. The molecule has 1 N–H and O–H groups in total. The predicted octanol–water partition coefficient (Wildman–Crippen LogP) is 5.12. The molecule has 0 saturated heterocycles. The highest BCUT2D eigenvalue weighted by Gasteiger charge is 2.48. The van der Waals surface area contributed by atoms with E-state index >= 15 is 0 Å². The summed E-state index contributed by atoms with van der Waals surface area (Å²) >= 11 is 0. The average Bonchev–Trinajstić information content (AvgIpc) is 3.31. The summed E-state index contributed by atoms with van der Waals surface area (Å²) in [6.45, 7) is 4.27. The molecule has 0 spiro atoms. The van der Waals surface area contributed by atoms with Crippen molar-refractivity contribution in [1.29, 1.82) is 0 Å². The molecule has 1 aromatic heterocycles. The van der Waals surface area contributed by atoms with Crippen LogP contribution >= 0.6 is 0 Å². The van der Waals surface area contributed by atoms with Crippen LogP contribution in [-0.2, 0) is 24.3 Å². The van der Waals surface area contributed by atoms with E-state index in [9.17, 15) is 14.0 Å². The lowest BCUT2D eigenvalue weighted by Gasteiger charge is -2.44. The predicted molar refractivity (Wildman–Crippen MR) is 137 cm³/mol. The van der Waals surface area contributed by atoms with Crippen molar-refractivity contribution in [3.05, 3.63) is 77.2 Å². The topological polar surface area (TPSA) is 67.2 Å². The van der Waals surface area contributed by atoms with Crippen molar-refractivity contribution in [3.63, 3.8) is 0 Å². The lowest BCUT2D eigenvalue weighted by molar-refractivity contribution is -0.134. The van der Waals surface area contributed by atoms with E-state index in [-0.39, 0.29) is 36.8 Å². The first-order valence-electron chi connectivity index (χ1n) is 12.9. The molecule has 2 aliphatic rings. The fourth-order valence-corrected chi connectivity index (χ4v) is 5.35. The highest BCUT2D eigenvalue weighted by molar-refractivity contribution is 6.00. The van der Waals surface area contributed by atoms with E-state index < -0.39 is 5.54 Å². The Kier molecular flexibility index (Phi) is 6.65. The molecule has 0 radical (unpaired) electrons. The van der Waals surface area contributed by atoms with Gasteiger partial charge in [0, 0.05) is 18.2 Å². The van der Waals surface area contributed by atoms with Crippen LogP contribution in [0.25, 0.3) is 11.3 Å². The Labute approximate surface area is 211 Å². The first kappa shape index (κ1) is 24.2. The summed E-state index contributed by atoms with van der Waals surface area (Å²) in [7, 11) is 0. The number of aryl methyl sites for hydroxylation is 1. The molecule has 3 aromatic rings. The van der Waals surface area contributed by atoms with Gasteiger partial charge in [-0.2, -0.15) is 5.10 Å². The highest BCUT2D eigenvalue weighted by atomic mass is 19.1. The number of hydrogen-bond donors (Lipinski definition) is 1. The SMILES string of the molecule is CCc1ccc(-c2cc3n(n2)C[C@](C)(C(=O)NC2CCCCC2)N(Cc2cccc(F)c2)C3=O)cc1. The zero-order chi connectivity index (χ0) is 25.3. The van der Waals surface area contributed by atoms with Crippen molar-refractivity contribution in [2.75, 3.05) is 0 Å². The quantitative estimate of drug-likeness (QED) is 0.524. The second-order valence-electron chi connectivity index (χ2n) is 10.2. The van der Waals surface area contributed by atoms with E-state index in [2.05, 4.69) is 24.4 Å². The minimum absolute atomic E-state index is 0.112. The number of nitrogens with one attached hydrogen (secondary N) is 1. The summed E-state index contributed by atoms with van der Waals surface area (Å²) in [5.74, 6) is -0.835. The Balaban J connectivity index is 1.50. The molecular formula is C29H33FN4O2. The number of rotatable bonds is 6. The minimum Gasteiger partial charge on any atom is -0.351 e. The van der Waals surface area contributed by atoms with E-state index in [0.717, 1.165) is 37.7 Å². The Hall–Kier alpha value is -3.48. The summed E-state index contributed by atoms with van der Waals surface area (Å²) < 4.78 is 15.6. The van der Waals surface area contributed by atoms with E-state index in [4.69, 9.17) is 5.10 Å². The van der Waals surface area contributed by atoms with Gasteiger partial charge in [0.2, 0.25) is 5.91 Å². The fraction of sp³-hybridized carbons (Fsp3) is 0.414. The number of carbonyl (C=O) groups is 2. The molecule has 188 valence electrons. The monoisotopic (exact) mass is 488 g/mol. The number of halogens is 1. The second-order valence-corrected chi connectivity index (χ2v) is 10.2. The molecule has 1 aliphatic heterocycles. The first-order chi connectivity index (χ1) is 17.4. The van der Waals surface area contributed by atoms with Gasteiger partial charge in [0.1, 0.15) is 17.1 Å². The standard InChI is InChI=1S/C29H33FN4O2/c1-3-20-12-14-22(15-13-20)25-17-26-27(35)33(18-21-8-7-9-23(30)16-21)29(2,19-34(26)32-25)28(36)31-24-10-5-4-6-11-24/h7-9,12-17,24H,3-6,10-11,18-19H2,1-2H3,(H,31,36)/t29-/m1/s1. The van der Waals surface area contributed by atoms with Gasteiger partial charge in [0.25, 0.3) is 5.91 Å². The molecule has 1 fully saturated rings. The largest absolute Gasteiger partial charge is 0.351 e. The third-order valence-corrected chi connectivity index (χ3v) is 7.61. The van der Waals surface area contributed by atoms with Crippen molar-refractivity contribution in [2.24, 2.45) is 0 Å². The molecule has 2 aromatic carbocycles. The lowest BCUT2D eigenvalue weighted by Crippen LogP contribution is -2.64. The normalized spacial score (nSPS) is 20.3. The van der Waals surface area contributed by atoms with E-state index in [1.807, 2.05) is 12.1 Å². The van der Waals surface area contributed by atoms with Gasteiger partial charge in [-0.3, -0.25) is 14.3 Å². The zero-order valence-corrected chi connectivity index (χ0v) is 21.0. The molecule has 6 nitrogen and oxygen atoms in total. The van der Waals surface area contributed by atoms with Crippen LogP contribution in [0.1, 0.15) is 67.6 Å². The van der Waals surface area contributed by atoms with Crippen LogP contribution in [0.5, 0.6) is 0 Å². The Bertz CT molecular complexity index is 1260. The lowest BCUT2D eigenvalue weighted by atomic mass is 9.91. The minimum atomic E-state index is -1.16. The van der Waals surface area contributed by atoms with E-state index in [0.29, 0.717) is 17.0 Å². The summed E-state index contributed by atoms with van der Waals surface area (Å²) in [5, 5.41) is 7.95. The molecule has 1 saturated carbocycles. The van der Waals surface area contributed by atoms with Crippen LogP contribution in [0.15, 0.2) is 54.6 Å². The molecule has 1 atom stereocenters. The van der Waals surface area contributed by atoms with E-state index in [1.165, 1.54) is 24.1 Å². The number of nitrogens with zero attached hydrogens (tertiary/aromatic N) is 3. The molecule has 5 rings (SSSR count). The Morgan fingerprint density at radius 3 is 2.53 bits per heavy atom. The van der Waals surface area contributed by atoms with E-state index in [1.54, 1.807) is 34.7 Å².